The van der Waals surface area contributed by atoms with Crippen molar-refractivity contribution < 1.29 is 0 Å². The largest absolute Gasteiger partial charge is 0.166 e. The smallest absolute Gasteiger partial charge is 0.0619 e. The van der Waals surface area contributed by atoms with Crippen LogP contribution >= 0.6 is 0 Å². The van der Waals surface area contributed by atoms with Crippen molar-refractivity contribution in [1.29, 1.82) is 0 Å². The van der Waals surface area contributed by atoms with Crippen LogP contribution in [0.25, 0.3) is 0 Å². The van der Waals surface area contributed by atoms with Crippen LogP contribution in [0.3, 0.4) is 0 Å². The third-order valence-corrected chi connectivity index (χ3v) is 7.12. The lowest BCUT2D eigenvalue weighted by molar-refractivity contribution is 0.589. The molecule has 3 aromatic carbocycles. The van der Waals surface area contributed by atoms with Crippen molar-refractivity contribution in [3.63, 3.8) is 0 Å². The molecule has 0 N–H and O–H groups in total. The summed E-state index contributed by atoms with van der Waals surface area (Å²) in [5, 5.41) is 0. The Hall–Kier alpha value is -1.99. The third kappa shape index (κ3) is 4.65. The van der Waals surface area contributed by atoms with Gasteiger partial charge in [0, 0.05) is 0 Å². The van der Waals surface area contributed by atoms with Crippen LogP contribution in [0.5, 0.6) is 0 Å². The molecule has 1 heteroatoms. The van der Waals surface area contributed by atoms with Crippen LogP contribution in [0.15, 0.2) is 93.5 Å². The SMILES string of the molecule is CC(C)(C)c1ccc([S+](c2ccccc2)c2ccc(C(C)(C)C)cc2)cc1. The highest BCUT2D eigenvalue weighted by Gasteiger charge is 2.29. The number of benzene rings is 3. The molecule has 0 nitrogen and oxygen atoms in total. The van der Waals surface area contributed by atoms with Crippen molar-refractivity contribution in [3.05, 3.63) is 90.0 Å². The minimum atomic E-state index is -0.0847. The molecule has 0 saturated carbocycles. The van der Waals surface area contributed by atoms with Crippen molar-refractivity contribution in [2.45, 2.75) is 67.1 Å². The lowest BCUT2D eigenvalue weighted by Crippen LogP contribution is -2.12. The van der Waals surface area contributed by atoms with Gasteiger partial charge in [-0.3, -0.25) is 0 Å². The Bertz CT molecular complexity index is 803. The Morgan fingerprint density at radius 2 is 0.778 bits per heavy atom. The molecule has 0 atom stereocenters. The van der Waals surface area contributed by atoms with Gasteiger partial charge in [-0.2, -0.15) is 0 Å². The van der Waals surface area contributed by atoms with Gasteiger partial charge in [0.15, 0.2) is 14.7 Å². The predicted octanol–water partition coefficient (Wildman–Crippen LogP) is 7.38. The highest BCUT2D eigenvalue weighted by atomic mass is 32.2. The van der Waals surface area contributed by atoms with Crippen molar-refractivity contribution in [2.24, 2.45) is 0 Å². The molecule has 0 aromatic heterocycles. The summed E-state index contributed by atoms with van der Waals surface area (Å²) >= 11 is 0. The summed E-state index contributed by atoms with van der Waals surface area (Å²) in [6.45, 7) is 13.6. The van der Waals surface area contributed by atoms with Gasteiger partial charge in [0.1, 0.15) is 0 Å². The molecule has 0 aliphatic heterocycles. The van der Waals surface area contributed by atoms with Gasteiger partial charge < -0.3 is 0 Å². The molecule has 140 valence electrons. The molecule has 0 fully saturated rings. The van der Waals surface area contributed by atoms with E-state index in [-0.39, 0.29) is 21.7 Å². The number of rotatable bonds is 3. The maximum Gasteiger partial charge on any atom is 0.166 e. The topological polar surface area (TPSA) is 0 Å². The molecule has 3 rings (SSSR count). The molecule has 0 radical (unpaired) electrons. The van der Waals surface area contributed by atoms with E-state index in [1.165, 1.54) is 25.8 Å². The zero-order valence-electron chi connectivity index (χ0n) is 17.4. The zero-order chi connectivity index (χ0) is 19.7. The average Bonchev–Trinajstić information content (AvgIpc) is 2.62. The van der Waals surface area contributed by atoms with Crippen LogP contribution in [0, 0.1) is 0 Å². The Morgan fingerprint density at radius 3 is 1.11 bits per heavy atom. The van der Waals surface area contributed by atoms with E-state index in [1.54, 1.807) is 0 Å². The highest BCUT2D eigenvalue weighted by Crippen LogP contribution is 2.34. The monoisotopic (exact) mass is 375 g/mol. The minimum Gasteiger partial charge on any atom is -0.0619 e. The summed E-state index contributed by atoms with van der Waals surface area (Å²) in [6, 6.07) is 29.3. The highest BCUT2D eigenvalue weighted by molar-refractivity contribution is 7.97. The molecule has 0 heterocycles. The van der Waals surface area contributed by atoms with Crippen LogP contribution in [0.1, 0.15) is 52.7 Å². The maximum absolute atomic E-state index is 2.31. The van der Waals surface area contributed by atoms with Crippen molar-refractivity contribution in [1.82, 2.24) is 0 Å². The summed E-state index contributed by atoms with van der Waals surface area (Å²) in [5.41, 5.74) is 3.12. The number of hydrogen-bond acceptors (Lipinski definition) is 0. The quantitative estimate of drug-likeness (QED) is 0.419. The van der Waals surface area contributed by atoms with E-state index < -0.39 is 0 Å². The fraction of sp³-hybridized carbons (Fsp3) is 0.308. The van der Waals surface area contributed by atoms with E-state index >= 15 is 0 Å². The Kier molecular flexibility index (Phi) is 5.53. The first-order valence-corrected chi connectivity index (χ1v) is 10.9. The number of hydrogen-bond donors (Lipinski definition) is 0. The van der Waals surface area contributed by atoms with Crippen LogP contribution in [-0.4, -0.2) is 0 Å². The Labute approximate surface area is 168 Å². The van der Waals surface area contributed by atoms with E-state index in [9.17, 15) is 0 Å². The van der Waals surface area contributed by atoms with Gasteiger partial charge >= 0.3 is 0 Å². The van der Waals surface area contributed by atoms with Crippen LogP contribution in [0.2, 0.25) is 0 Å². The van der Waals surface area contributed by atoms with Crippen LogP contribution < -0.4 is 0 Å². The van der Waals surface area contributed by atoms with Crippen LogP contribution in [0.4, 0.5) is 0 Å². The Morgan fingerprint density at radius 1 is 0.444 bits per heavy atom. The molecular formula is C26H31S+. The maximum atomic E-state index is 2.31. The molecule has 0 bridgehead atoms. The predicted molar refractivity (Wildman–Crippen MR) is 119 cm³/mol. The molecule has 0 saturated heterocycles. The second-order valence-corrected chi connectivity index (χ2v) is 11.2. The van der Waals surface area contributed by atoms with Gasteiger partial charge in [-0.05, 0) is 58.4 Å². The fourth-order valence-corrected chi connectivity index (χ4v) is 5.21. The van der Waals surface area contributed by atoms with Gasteiger partial charge in [0.25, 0.3) is 0 Å². The summed E-state index contributed by atoms with van der Waals surface area (Å²) in [6.07, 6.45) is 0. The Balaban J connectivity index is 2.05. The van der Waals surface area contributed by atoms with Crippen molar-refractivity contribution >= 4 is 10.9 Å². The molecule has 27 heavy (non-hydrogen) atoms. The van der Waals surface area contributed by atoms with Crippen molar-refractivity contribution in [2.75, 3.05) is 0 Å². The average molecular weight is 376 g/mol. The lowest BCUT2D eigenvalue weighted by Gasteiger charge is -2.20. The molecule has 0 unspecified atom stereocenters. The van der Waals surface area contributed by atoms with Gasteiger partial charge in [-0.25, -0.2) is 0 Å². The van der Waals surface area contributed by atoms with Gasteiger partial charge in [-0.15, -0.1) is 0 Å². The first-order chi connectivity index (χ1) is 12.7. The summed E-state index contributed by atoms with van der Waals surface area (Å²) in [7, 11) is -0.0847. The summed E-state index contributed by atoms with van der Waals surface area (Å²) in [4.78, 5) is 4.11. The minimum absolute atomic E-state index is 0.0847. The van der Waals surface area contributed by atoms with Gasteiger partial charge in [0.2, 0.25) is 0 Å². The first-order valence-electron chi connectivity index (χ1n) is 9.67. The van der Waals surface area contributed by atoms with E-state index in [0.29, 0.717) is 0 Å². The van der Waals surface area contributed by atoms with E-state index in [0.717, 1.165) is 0 Å². The first kappa shape index (κ1) is 19.8. The second-order valence-electron chi connectivity index (χ2n) is 9.17. The standard InChI is InChI=1S/C26H31S/c1-25(2,3)20-12-16-23(17-13-20)27(22-10-8-7-9-11-22)24-18-14-21(15-19-24)26(4,5)6/h7-19H,1-6H3/q+1. The normalized spacial score (nSPS) is 12.4. The van der Waals surface area contributed by atoms with Crippen molar-refractivity contribution in [3.8, 4) is 0 Å². The molecular weight excluding hydrogens is 344 g/mol. The second kappa shape index (κ2) is 7.56. The molecule has 0 amide bonds. The summed E-state index contributed by atoms with van der Waals surface area (Å²) < 4.78 is 0. The lowest BCUT2D eigenvalue weighted by atomic mass is 9.87. The molecule has 0 aliphatic carbocycles. The van der Waals surface area contributed by atoms with Crippen LogP contribution in [-0.2, 0) is 21.7 Å². The zero-order valence-corrected chi connectivity index (χ0v) is 18.2. The van der Waals surface area contributed by atoms with Gasteiger partial charge in [-0.1, -0.05) is 84.0 Å². The molecule has 3 aromatic rings. The molecule has 0 aliphatic rings. The molecule has 0 spiro atoms. The van der Waals surface area contributed by atoms with E-state index in [2.05, 4.69) is 120 Å². The van der Waals surface area contributed by atoms with E-state index in [1.807, 2.05) is 0 Å². The van der Waals surface area contributed by atoms with Gasteiger partial charge in [0.05, 0.1) is 10.9 Å². The summed E-state index contributed by atoms with van der Waals surface area (Å²) in [5.74, 6) is 0. The fourth-order valence-electron chi connectivity index (χ4n) is 3.15. The van der Waals surface area contributed by atoms with E-state index in [4.69, 9.17) is 0 Å². The third-order valence-electron chi connectivity index (χ3n) is 4.89.